The number of piperidine rings is 1. The normalized spacial score (nSPS) is 27.9. The molecule has 0 atom stereocenters. The smallest absolute Gasteiger partial charge is 0.00342 e. The zero-order valence-corrected chi connectivity index (χ0v) is 9.71. The van der Waals surface area contributed by atoms with Gasteiger partial charge in [0, 0.05) is 19.6 Å². The van der Waals surface area contributed by atoms with Crippen molar-refractivity contribution >= 4 is 0 Å². The molecule has 0 bridgehead atoms. The molecule has 82 valence electrons. The van der Waals surface area contributed by atoms with Gasteiger partial charge >= 0.3 is 0 Å². The molecule has 0 saturated carbocycles. The first-order valence-electron chi connectivity index (χ1n) is 6.22. The molecule has 0 spiro atoms. The van der Waals surface area contributed by atoms with Gasteiger partial charge in [0.25, 0.3) is 0 Å². The van der Waals surface area contributed by atoms with Crippen LogP contribution in [-0.2, 0) is 0 Å². The Labute approximate surface area is 88.3 Å². The lowest BCUT2D eigenvalue weighted by molar-refractivity contribution is 0.0606. The van der Waals surface area contributed by atoms with E-state index in [1.165, 1.54) is 52.1 Å². The molecule has 0 radical (unpaired) electrons. The first-order valence-corrected chi connectivity index (χ1v) is 6.22. The van der Waals surface area contributed by atoms with Crippen molar-refractivity contribution in [3.63, 3.8) is 0 Å². The minimum absolute atomic E-state index is 0.972. The third kappa shape index (κ3) is 2.48. The van der Waals surface area contributed by atoms with E-state index < -0.39 is 0 Å². The van der Waals surface area contributed by atoms with Crippen LogP contribution in [0.15, 0.2) is 0 Å². The predicted octanol–water partition coefficient (Wildman–Crippen LogP) is 1.67. The molecule has 2 heteroatoms. The van der Waals surface area contributed by atoms with Gasteiger partial charge in [0.1, 0.15) is 0 Å². The van der Waals surface area contributed by atoms with E-state index in [4.69, 9.17) is 0 Å². The van der Waals surface area contributed by atoms with Crippen molar-refractivity contribution in [1.29, 1.82) is 0 Å². The van der Waals surface area contributed by atoms with Gasteiger partial charge in [0.15, 0.2) is 0 Å². The van der Waals surface area contributed by atoms with Crippen molar-refractivity contribution in [1.82, 2.24) is 9.80 Å². The maximum absolute atomic E-state index is 2.68. The van der Waals surface area contributed by atoms with Crippen LogP contribution in [0.1, 0.15) is 26.7 Å². The quantitative estimate of drug-likeness (QED) is 0.677. The average molecular weight is 196 g/mol. The van der Waals surface area contributed by atoms with Gasteiger partial charge in [-0.2, -0.15) is 0 Å². The summed E-state index contributed by atoms with van der Waals surface area (Å²) in [5.41, 5.74) is 0. The van der Waals surface area contributed by atoms with E-state index in [2.05, 4.69) is 23.6 Å². The fourth-order valence-corrected chi connectivity index (χ4v) is 2.66. The SMILES string of the molecule is CCN1CC(CN2CCC(C)CC2)C1. The molecular weight excluding hydrogens is 172 g/mol. The minimum atomic E-state index is 0.972. The molecule has 2 aliphatic rings. The Kier molecular flexibility index (Phi) is 3.45. The Morgan fingerprint density at radius 1 is 1.07 bits per heavy atom. The highest BCUT2D eigenvalue weighted by molar-refractivity contribution is 4.82. The van der Waals surface area contributed by atoms with E-state index in [1.54, 1.807) is 0 Å². The van der Waals surface area contributed by atoms with Crippen LogP contribution in [-0.4, -0.2) is 49.1 Å². The molecule has 2 rings (SSSR count). The van der Waals surface area contributed by atoms with Crippen LogP contribution in [0.5, 0.6) is 0 Å². The highest BCUT2D eigenvalue weighted by Gasteiger charge is 2.27. The van der Waals surface area contributed by atoms with Crippen LogP contribution in [0.3, 0.4) is 0 Å². The van der Waals surface area contributed by atoms with Gasteiger partial charge < -0.3 is 9.80 Å². The van der Waals surface area contributed by atoms with E-state index in [0.717, 1.165) is 11.8 Å². The Balaban J connectivity index is 1.62. The molecule has 0 N–H and O–H groups in total. The van der Waals surface area contributed by atoms with Crippen LogP contribution in [0.25, 0.3) is 0 Å². The lowest BCUT2D eigenvalue weighted by atomic mass is 9.95. The van der Waals surface area contributed by atoms with Crippen molar-refractivity contribution in [3.05, 3.63) is 0 Å². The van der Waals surface area contributed by atoms with E-state index in [9.17, 15) is 0 Å². The highest BCUT2D eigenvalue weighted by Crippen LogP contribution is 2.20. The van der Waals surface area contributed by atoms with E-state index in [0.29, 0.717) is 0 Å². The van der Waals surface area contributed by atoms with Gasteiger partial charge in [-0.15, -0.1) is 0 Å². The van der Waals surface area contributed by atoms with Gasteiger partial charge in [0.2, 0.25) is 0 Å². The second-order valence-corrected chi connectivity index (χ2v) is 5.20. The molecule has 2 fully saturated rings. The van der Waals surface area contributed by atoms with Crippen molar-refractivity contribution in [2.45, 2.75) is 26.7 Å². The molecule has 0 aliphatic carbocycles. The summed E-state index contributed by atoms with van der Waals surface area (Å²) < 4.78 is 0. The topological polar surface area (TPSA) is 6.48 Å². The Morgan fingerprint density at radius 3 is 2.29 bits per heavy atom. The highest BCUT2D eigenvalue weighted by atomic mass is 15.2. The number of hydrogen-bond donors (Lipinski definition) is 0. The summed E-state index contributed by atoms with van der Waals surface area (Å²) in [6.07, 6.45) is 2.84. The third-order valence-corrected chi connectivity index (χ3v) is 3.87. The summed E-state index contributed by atoms with van der Waals surface area (Å²) in [6.45, 7) is 12.7. The summed E-state index contributed by atoms with van der Waals surface area (Å²) >= 11 is 0. The van der Waals surface area contributed by atoms with Gasteiger partial charge in [-0.3, -0.25) is 0 Å². The van der Waals surface area contributed by atoms with E-state index in [1.807, 2.05) is 0 Å². The predicted molar refractivity (Wildman–Crippen MR) is 60.4 cm³/mol. The van der Waals surface area contributed by atoms with Gasteiger partial charge in [-0.05, 0) is 44.3 Å². The van der Waals surface area contributed by atoms with Crippen LogP contribution in [0.4, 0.5) is 0 Å². The first kappa shape index (κ1) is 10.4. The Bertz CT molecular complexity index is 167. The standard InChI is InChI=1S/C12H24N2/c1-3-13-8-12(9-13)10-14-6-4-11(2)5-7-14/h11-12H,3-10H2,1-2H3. The van der Waals surface area contributed by atoms with E-state index >= 15 is 0 Å². The summed E-state index contributed by atoms with van der Waals surface area (Å²) in [5, 5.41) is 0. The minimum Gasteiger partial charge on any atom is -0.303 e. The second kappa shape index (κ2) is 4.63. The molecule has 0 aromatic carbocycles. The van der Waals surface area contributed by atoms with Crippen LogP contribution < -0.4 is 0 Å². The Hall–Kier alpha value is -0.0800. The summed E-state index contributed by atoms with van der Waals surface area (Å²) in [5.74, 6) is 1.95. The fourth-order valence-electron chi connectivity index (χ4n) is 2.66. The molecule has 2 aliphatic heterocycles. The average Bonchev–Trinajstić information content (AvgIpc) is 2.13. The lowest BCUT2D eigenvalue weighted by Crippen LogP contribution is -2.52. The summed E-state index contributed by atoms with van der Waals surface area (Å²) in [6, 6.07) is 0. The monoisotopic (exact) mass is 196 g/mol. The van der Waals surface area contributed by atoms with E-state index in [-0.39, 0.29) is 0 Å². The molecule has 0 aromatic heterocycles. The molecule has 14 heavy (non-hydrogen) atoms. The van der Waals surface area contributed by atoms with Gasteiger partial charge in [0.05, 0.1) is 0 Å². The number of nitrogens with zero attached hydrogens (tertiary/aromatic N) is 2. The first-order chi connectivity index (χ1) is 6.78. The maximum Gasteiger partial charge on any atom is 0.00342 e. The Morgan fingerprint density at radius 2 is 1.71 bits per heavy atom. The number of likely N-dealkylation sites (tertiary alicyclic amines) is 2. The maximum atomic E-state index is 2.68. The molecule has 2 heterocycles. The fraction of sp³-hybridized carbons (Fsp3) is 1.00. The summed E-state index contributed by atoms with van der Waals surface area (Å²) in [4.78, 5) is 5.22. The van der Waals surface area contributed by atoms with Crippen molar-refractivity contribution in [2.75, 3.05) is 39.3 Å². The van der Waals surface area contributed by atoms with Crippen molar-refractivity contribution in [3.8, 4) is 0 Å². The molecule has 0 aromatic rings. The summed E-state index contributed by atoms with van der Waals surface area (Å²) in [7, 11) is 0. The van der Waals surface area contributed by atoms with Crippen molar-refractivity contribution in [2.24, 2.45) is 11.8 Å². The van der Waals surface area contributed by atoms with Gasteiger partial charge in [-0.25, -0.2) is 0 Å². The van der Waals surface area contributed by atoms with Crippen LogP contribution in [0.2, 0.25) is 0 Å². The van der Waals surface area contributed by atoms with Crippen LogP contribution >= 0.6 is 0 Å². The second-order valence-electron chi connectivity index (χ2n) is 5.20. The molecule has 2 nitrogen and oxygen atoms in total. The lowest BCUT2D eigenvalue weighted by Gasteiger charge is -2.42. The third-order valence-electron chi connectivity index (χ3n) is 3.87. The molecular formula is C12H24N2. The zero-order chi connectivity index (χ0) is 9.97. The zero-order valence-electron chi connectivity index (χ0n) is 9.71. The van der Waals surface area contributed by atoms with Crippen LogP contribution in [0, 0.1) is 11.8 Å². The number of rotatable bonds is 3. The molecule has 0 unspecified atom stereocenters. The van der Waals surface area contributed by atoms with Crippen molar-refractivity contribution < 1.29 is 0 Å². The molecule has 2 saturated heterocycles. The number of hydrogen-bond acceptors (Lipinski definition) is 2. The van der Waals surface area contributed by atoms with Gasteiger partial charge in [-0.1, -0.05) is 13.8 Å². The largest absolute Gasteiger partial charge is 0.303 e. The molecule has 0 amide bonds.